The van der Waals surface area contributed by atoms with Crippen molar-refractivity contribution >= 4 is 11.8 Å². The molecule has 2 N–H and O–H groups in total. The summed E-state index contributed by atoms with van der Waals surface area (Å²) < 4.78 is 5.67. The minimum atomic E-state index is -0.523. The van der Waals surface area contributed by atoms with Crippen LogP contribution >= 0.6 is 0 Å². The van der Waals surface area contributed by atoms with Gasteiger partial charge in [0.25, 0.3) is 5.91 Å². The molecule has 0 atom stereocenters. The van der Waals surface area contributed by atoms with Crippen molar-refractivity contribution in [3.05, 3.63) is 65.7 Å². The first-order chi connectivity index (χ1) is 11.5. The third-order valence-corrected chi connectivity index (χ3v) is 3.56. The van der Waals surface area contributed by atoms with Gasteiger partial charge in [0.15, 0.2) is 0 Å². The van der Waals surface area contributed by atoms with E-state index in [-0.39, 0.29) is 18.5 Å². The highest BCUT2D eigenvalue weighted by Gasteiger charge is 2.20. The van der Waals surface area contributed by atoms with E-state index in [1.807, 2.05) is 56.3 Å². The SMILES string of the molecule is CC(C)N(CC(N)=O)C(=O)c1ccc(COc2ccccc2)cc1. The fourth-order valence-corrected chi connectivity index (χ4v) is 2.25. The van der Waals surface area contributed by atoms with Crippen molar-refractivity contribution < 1.29 is 14.3 Å². The van der Waals surface area contributed by atoms with Crippen LogP contribution in [0.15, 0.2) is 54.6 Å². The Kier molecular flexibility index (Phi) is 5.95. The van der Waals surface area contributed by atoms with Crippen molar-refractivity contribution in [2.45, 2.75) is 26.5 Å². The van der Waals surface area contributed by atoms with Crippen LogP contribution in [0.25, 0.3) is 0 Å². The van der Waals surface area contributed by atoms with Gasteiger partial charge in [0.1, 0.15) is 12.4 Å². The zero-order chi connectivity index (χ0) is 17.5. The molecule has 0 aliphatic carbocycles. The topological polar surface area (TPSA) is 72.6 Å². The van der Waals surface area contributed by atoms with Crippen LogP contribution in [-0.2, 0) is 11.4 Å². The van der Waals surface area contributed by atoms with E-state index in [2.05, 4.69) is 0 Å². The van der Waals surface area contributed by atoms with Crippen LogP contribution in [0.4, 0.5) is 0 Å². The molecular formula is C19H22N2O3. The molecule has 5 nitrogen and oxygen atoms in total. The number of hydrogen-bond donors (Lipinski definition) is 1. The Balaban J connectivity index is 2.02. The average Bonchev–Trinajstić information content (AvgIpc) is 2.58. The van der Waals surface area contributed by atoms with Crippen LogP contribution in [0.5, 0.6) is 5.75 Å². The lowest BCUT2D eigenvalue weighted by molar-refractivity contribution is -0.119. The molecule has 0 unspecified atom stereocenters. The monoisotopic (exact) mass is 326 g/mol. The molecule has 0 saturated heterocycles. The quantitative estimate of drug-likeness (QED) is 0.850. The third kappa shape index (κ3) is 4.84. The van der Waals surface area contributed by atoms with Gasteiger partial charge in [-0.25, -0.2) is 0 Å². The zero-order valence-electron chi connectivity index (χ0n) is 13.9. The van der Waals surface area contributed by atoms with E-state index in [0.717, 1.165) is 11.3 Å². The lowest BCUT2D eigenvalue weighted by Crippen LogP contribution is -2.42. The highest BCUT2D eigenvalue weighted by atomic mass is 16.5. The molecule has 2 amide bonds. The lowest BCUT2D eigenvalue weighted by Gasteiger charge is -2.25. The van der Waals surface area contributed by atoms with Gasteiger partial charge in [-0.3, -0.25) is 9.59 Å². The predicted octanol–water partition coefficient (Wildman–Crippen LogP) is 2.60. The van der Waals surface area contributed by atoms with Gasteiger partial charge in [0.2, 0.25) is 5.91 Å². The smallest absolute Gasteiger partial charge is 0.254 e. The van der Waals surface area contributed by atoms with Gasteiger partial charge in [0.05, 0.1) is 6.54 Å². The second-order valence-corrected chi connectivity index (χ2v) is 5.79. The summed E-state index contributed by atoms with van der Waals surface area (Å²) in [6, 6.07) is 16.6. The number of ether oxygens (including phenoxy) is 1. The minimum absolute atomic E-state index is 0.0879. The maximum Gasteiger partial charge on any atom is 0.254 e. The number of rotatable bonds is 7. The summed E-state index contributed by atoms with van der Waals surface area (Å²) in [4.78, 5) is 25.1. The van der Waals surface area contributed by atoms with E-state index in [1.54, 1.807) is 12.1 Å². The van der Waals surface area contributed by atoms with Crippen molar-refractivity contribution in [2.24, 2.45) is 5.73 Å². The molecule has 2 aromatic carbocycles. The summed E-state index contributed by atoms with van der Waals surface area (Å²) in [5.74, 6) is 0.0642. The molecule has 2 rings (SSSR count). The Morgan fingerprint density at radius 1 is 1.04 bits per heavy atom. The van der Waals surface area contributed by atoms with Crippen molar-refractivity contribution in [2.75, 3.05) is 6.54 Å². The van der Waals surface area contributed by atoms with Crippen LogP contribution in [0.2, 0.25) is 0 Å². The molecule has 0 aliphatic rings. The van der Waals surface area contributed by atoms with Crippen molar-refractivity contribution in [1.82, 2.24) is 4.90 Å². The predicted molar refractivity (Wildman–Crippen MR) is 92.6 cm³/mol. The Bertz CT molecular complexity index is 682. The fourth-order valence-electron chi connectivity index (χ4n) is 2.25. The average molecular weight is 326 g/mol. The maximum atomic E-state index is 12.5. The first-order valence-corrected chi connectivity index (χ1v) is 7.83. The summed E-state index contributed by atoms with van der Waals surface area (Å²) in [5.41, 5.74) is 6.70. The van der Waals surface area contributed by atoms with Gasteiger partial charge >= 0.3 is 0 Å². The second kappa shape index (κ2) is 8.15. The van der Waals surface area contributed by atoms with Crippen LogP contribution in [0.1, 0.15) is 29.8 Å². The first kappa shape index (κ1) is 17.5. The minimum Gasteiger partial charge on any atom is -0.489 e. The van der Waals surface area contributed by atoms with Gasteiger partial charge in [-0.1, -0.05) is 30.3 Å². The van der Waals surface area contributed by atoms with Crippen LogP contribution in [0.3, 0.4) is 0 Å². The number of benzene rings is 2. The largest absolute Gasteiger partial charge is 0.489 e. The summed E-state index contributed by atoms with van der Waals surface area (Å²) in [6.45, 7) is 4.04. The molecule has 0 radical (unpaired) electrons. The molecule has 0 fully saturated rings. The number of carbonyl (C=O) groups excluding carboxylic acids is 2. The molecule has 5 heteroatoms. The maximum absolute atomic E-state index is 12.5. The molecule has 0 bridgehead atoms. The van der Waals surface area contributed by atoms with Gasteiger partial charge in [-0.05, 0) is 43.7 Å². The molecule has 24 heavy (non-hydrogen) atoms. The lowest BCUT2D eigenvalue weighted by atomic mass is 10.1. The number of nitrogens with zero attached hydrogens (tertiary/aromatic N) is 1. The molecule has 0 aromatic heterocycles. The highest BCUT2D eigenvalue weighted by Crippen LogP contribution is 2.14. The number of amides is 2. The zero-order valence-corrected chi connectivity index (χ0v) is 13.9. The van der Waals surface area contributed by atoms with E-state index in [4.69, 9.17) is 10.5 Å². The standard InChI is InChI=1S/C19H22N2O3/c1-14(2)21(12-18(20)22)19(23)16-10-8-15(9-11-16)13-24-17-6-4-3-5-7-17/h3-11,14H,12-13H2,1-2H3,(H2,20,22). The summed E-state index contributed by atoms with van der Waals surface area (Å²) in [7, 11) is 0. The summed E-state index contributed by atoms with van der Waals surface area (Å²) >= 11 is 0. The number of carbonyl (C=O) groups is 2. The molecule has 0 heterocycles. The van der Waals surface area contributed by atoms with Crippen LogP contribution in [0, 0.1) is 0 Å². The third-order valence-electron chi connectivity index (χ3n) is 3.56. The molecular weight excluding hydrogens is 304 g/mol. The normalized spacial score (nSPS) is 10.5. The van der Waals surface area contributed by atoms with E-state index in [1.165, 1.54) is 4.90 Å². The molecule has 0 saturated carbocycles. The second-order valence-electron chi connectivity index (χ2n) is 5.79. The van der Waals surface area contributed by atoms with Gasteiger partial charge < -0.3 is 15.4 Å². The van der Waals surface area contributed by atoms with Crippen LogP contribution in [-0.4, -0.2) is 29.3 Å². The molecule has 0 aliphatic heterocycles. The van der Waals surface area contributed by atoms with Gasteiger partial charge in [0, 0.05) is 11.6 Å². The Labute approximate surface area is 142 Å². The van der Waals surface area contributed by atoms with Gasteiger partial charge in [-0.2, -0.15) is 0 Å². The van der Waals surface area contributed by atoms with Crippen LogP contribution < -0.4 is 10.5 Å². The van der Waals surface area contributed by atoms with Crippen molar-refractivity contribution in [3.63, 3.8) is 0 Å². The van der Waals surface area contributed by atoms with E-state index >= 15 is 0 Å². The number of hydrogen-bond acceptors (Lipinski definition) is 3. The van der Waals surface area contributed by atoms with Gasteiger partial charge in [-0.15, -0.1) is 0 Å². The molecule has 2 aromatic rings. The Hall–Kier alpha value is -2.82. The molecule has 126 valence electrons. The van der Waals surface area contributed by atoms with E-state index in [9.17, 15) is 9.59 Å². The Morgan fingerprint density at radius 2 is 1.67 bits per heavy atom. The summed E-state index contributed by atoms with van der Waals surface area (Å²) in [6.07, 6.45) is 0. The highest BCUT2D eigenvalue weighted by molar-refractivity contribution is 5.96. The number of para-hydroxylation sites is 1. The van der Waals surface area contributed by atoms with Crippen molar-refractivity contribution in [1.29, 1.82) is 0 Å². The summed E-state index contributed by atoms with van der Waals surface area (Å²) in [5, 5.41) is 0. The first-order valence-electron chi connectivity index (χ1n) is 7.83. The number of nitrogens with two attached hydrogens (primary N) is 1. The number of primary amides is 1. The fraction of sp³-hybridized carbons (Fsp3) is 0.263. The Morgan fingerprint density at radius 3 is 2.21 bits per heavy atom. The van der Waals surface area contributed by atoms with E-state index < -0.39 is 5.91 Å². The van der Waals surface area contributed by atoms with E-state index in [0.29, 0.717) is 12.2 Å². The molecule has 0 spiro atoms. The van der Waals surface area contributed by atoms with Crippen molar-refractivity contribution in [3.8, 4) is 5.75 Å².